The molecular weight excluding hydrogens is 439 g/mol. The number of hydrogen-bond acceptors (Lipinski definition) is 6. The maximum atomic E-state index is 13.2. The Morgan fingerprint density at radius 3 is 2.66 bits per heavy atom. The van der Waals surface area contributed by atoms with Gasteiger partial charge in [-0.2, -0.15) is 0 Å². The molecule has 1 unspecified atom stereocenters. The number of imide groups is 1. The quantitative estimate of drug-likeness (QED) is 0.417. The van der Waals surface area contributed by atoms with Gasteiger partial charge < -0.3 is 21.4 Å². The zero-order valence-electron chi connectivity index (χ0n) is 16.6. The fourth-order valence-electron chi connectivity index (χ4n) is 3.27. The molecular formula is C20H17FN6O4S. The summed E-state index contributed by atoms with van der Waals surface area (Å²) in [6, 6.07) is 5.98. The number of thiazole rings is 1. The Hall–Kier alpha value is -4.06. The molecule has 3 heterocycles. The normalized spacial score (nSPS) is 18.0. The smallest absolute Gasteiger partial charge is 0.325 e. The van der Waals surface area contributed by atoms with Crippen LogP contribution in [-0.2, 0) is 15.1 Å². The summed E-state index contributed by atoms with van der Waals surface area (Å²) in [4.78, 5) is 56.7. The first kappa shape index (κ1) is 21.2. The Bertz CT molecular complexity index is 1240. The summed E-state index contributed by atoms with van der Waals surface area (Å²) in [5.74, 6) is -2.33. The molecule has 1 aromatic carbocycles. The Labute approximate surface area is 184 Å². The molecule has 5 amide bonds. The van der Waals surface area contributed by atoms with E-state index < -0.39 is 41.7 Å². The van der Waals surface area contributed by atoms with Crippen LogP contribution in [0.4, 0.5) is 14.3 Å². The second kappa shape index (κ2) is 7.89. The van der Waals surface area contributed by atoms with E-state index in [-0.39, 0.29) is 10.8 Å². The van der Waals surface area contributed by atoms with E-state index in [1.54, 1.807) is 11.6 Å². The highest BCUT2D eigenvalue weighted by Crippen LogP contribution is 2.29. The van der Waals surface area contributed by atoms with Gasteiger partial charge in [-0.15, -0.1) is 11.3 Å². The lowest BCUT2D eigenvalue weighted by molar-refractivity contribution is -0.133. The zero-order valence-corrected chi connectivity index (χ0v) is 17.5. The molecule has 0 bridgehead atoms. The van der Waals surface area contributed by atoms with Gasteiger partial charge in [-0.25, -0.2) is 14.2 Å². The maximum Gasteiger partial charge on any atom is 0.325 e. The van der Waals surface area contributed by atoms with E-state index in [2.05, 4.69) is 20.6 Å². The number of anilines is 1. The number of aromatic amines is 1. The number of H-pyrrole nitrogens is 1. The Morgan fingerprint density at radius 2 is 2.00 bits per heavy atom. The Kier molecular flexibility index (Phi) is 5.22. The fraction of sp³-hybridized carbons (Fsp3) is 0.150. The first-order valence-corrected chi connectivity index (χ1v) is 10.2. The van der Waals surface area contributed by atoms with Gasteiger partial charge in [0.1, 0.15) is 23.6 Å². The summed E-state index contributed by atoms with van der Waals surface area (Å²) in [7, 11) is 0. The van der Waals surface area contributed by atoms with Crippen molar-refractivity contribution in [3.8, 4) is 11.3 Å². The number of carbonyl (C=O) groups excluding carboxylic acids is 4. The number of rotatable bonds is 6. The summed E-state index contributed by atoms with van der Waals surface area (Å²) in [5, 5.41) is 7.02. The Balaban J connectivity index is 1.43. The molecule has 0 aliphatic carbocycles. The minimum absolute atomic E-state index is 0.223. The molecule has 1 saturated heterocycles. The third-order valence-corrected chi connectivity index (χ3v) is 5.75. The maximum absolute atomic E-state index is 13.2. The van der Waals surface area contributed by atoms with E-state index in [9.17, 15) is 23.6 Å². The first-order chi connectivity index (χ1) is 15.2. The van der Waals surface area contributed by atoms with Gasteiger partial charge in [0.05, 0.1) is 5.69 Å². The lowest BCUT2D eigenvalue weighted by Crippen LogP contribution is -2.42. The van der Waals surface area contributed by atoms with Crippen molar-refractivity contribution in [2.45, 2.75) is 12.5 Å². The summed E-state index contributed by atoms with van der Waals surface area (Å²) in [6.45, 7) is 0.967. The lowest BCUT2D eigenvalue weighted by atomic mass is 9.92. The Morgan fingerprint density at radius 1 is 1.28 bits per heavy atom. The van der Waals surface area contributed by atoms with Crippen molar-refractivity contribution < 1.29 is 23.6 Å². The molecule has 1 aliphatic heterocycles. The number of nitrogens with two attached hydrogens (primary N) is 1. The monoisotopic (exact) mass is 456 g/mol. The molecule has 12 heteroatoms. The van der Waals surface area contributed by atoms with Gasteiger partial charge in [0.15, 0.2) is 5.13 Å². The molecule has 0 spiro atoms. The number of urea groups is 1. The SMILES string of the molecule is CC1(c2ccc(F)cc2)NC(=O)N(CC(=O)Nc2nc(-c3c[nH]c(C(N)=O)c3)cs2)C1=O. The molecule has 2 aromatic heterocycles. The number of primary amides is 1. The van der Waals surface area contributed by atoms with Crippen molar-refractivity contribution in [2.24, 2.45) is 5.73 Å². The summed E-state index contributed by atoms with van der Waals surface area (Å²) >= 11 is 1.14. The second-order valence-corrected chi connectivity index (χ2v) is 8.06. The van der Waals surface area contributed by atoms with Crippen LogP contribution >= 0.6 is 11.3 Å². The van der Waals surface area contributed by atoms with Crippen molar-refractivity contribution in [1.82, 2.24) is 20.2 Å². The number of amides is 5. The number of aromatic nitrogens is 2. The standard InChI is InChI=1S/C20H17FN6O4S/c1-20(11-2-4-12(21)5-3-11)17(30)27(19(31)26-20)8-15(28)25-18-24-14(9-32-18)10-6-13(16(22)29)23-7-10/h2-7,9,23H,8H2,1H3,(H2,22,29)(H,26,31)(H,24,25,28). The molecule has 1 atom stereocenters. The van der Waals surface area contributed by atoms with Crippen molar-refractivity contribution >= 4 is 40.2 Å². The van der Waals surface area contributed by atoms with Gasteiger partial charge in [0.2, 0.25) is 5.91 Å². The number of benzene rings is 1. The highest BCUT2D eigenvalue weighted by molar-refractivity contribution is 7.14. The van der Waals surface area contributed by atoms with Gasteiger partial charge in [0.25, 0.3) is 11.8 Å². The molecule has 1 fully saturated rings. The molecule has 0 saturated carbocycles. The van der Waals surface area contributed by atoms with E-state index in [1.165, 1.54) is 37.3 Å². The summed E-state index contributed by atoms with van der Waals surface area (Å²) in [6.07, 6.45) is 1.56. The predicted octanol–water partition coefficient (Wildman–Crippen LogP) is 1.78. The van der Waals surface area contributed by atoms with E-state index in [0.717, 1.165) is 16.2 Å². The van der Waals surface area contributed by atoms with Gasteiger partial charge in [0, 0.05) is 17.1 Å². The van der Waals surface area contributed by atoms with Crippen molar-refractivity contribution in [1.29, 1.82) is 0 Å². The topological polar surface area (TPSA) is 150 Å². The van der Waals surface area contributed by atoms with Crippen LogP contribution in [0.2, 0.25) is 0 Å². The van der Waals surface area contributed by atoms with Gasteiger partial charge in [-0.3, -0.25) is 19.3 Å². The third kappa shape index (κ3) is 3.83. The largest absolute Gasteiger partial charge is 0.364 e. The van der Waals surface area contributed by atoms with Gasteiger partial charge in [-0.1, -0.05) is 12.1 Å². The fourth-order valence-corrected chi connectivity index (χ4v) is 4.01. The van der Waals surface area contributed by atoms with Crippen LogP contribution < -0.4 is 16.4 Å². The van der Waals surface area contributed by atoms with E-state index in [4.69, 9.17) is 5.73 Å². The molecule has 32 heavy (non-hydrogen) atoms. The average Bonchev–Trinajstić information content (AvgIpc) is 3.45. The van der Waals surface area contributed by atoms with Gasteiger partial charge >= 0.3 is 6.03 Å². The number of nitrogens with one attached hydrogen (secondary N) is 3. The minimum Gasteiger partial charge on any atom is -0.364 e. The van der Waals surface area contributed by atoms with Crippen LogP contribution in [0.1, 0.15) is 23.0 Å². The average molecular weight is 456 g/mol. The number of halogens is 1. The highest BCUT2D eigenvalue weighted by atomic mass is 32.1. The molecule has 4 rings (SSSR count). The van der Waals surface area contributed by atoms with Crippen molar-refractivity contribution in [3.05, 3.63) is 59.0 Å². The van der Waals surface area contributed by atoms with Gasteiger partial charge in [-0.05, 0) is 30.7 Å². The lowest BCUT2D eigenvalue weighted by Gasteiger charge is -2.22. The van der Waals surface area contributed by atoms with Crippen LogP contribution in [0.3, 0.4) is 0 Å². The summed E-state index contributed by atoms with van der Waals surface area (Å²) < 4.78 is 13.2. The van der Waals surface area contributed by atoms with Crippen molar-refractivity contribution in [3.63, 3.8) is 0 Å². The molecule has 164 valence electrons. The van der Waals surface area contributed by atoms with Crippen LogP contribution in [0.15, 0.2) is 41.9 Å². The third-order valence-electron chi connectivity index (χ3n) is 4.99. The van der Waals surface area contributed by atoms with Crippen molar-refractivity contribution in [2.75, 3.05) is 11.9 Å². The highest BCUT2D eigenvalue weighted by Gasteiger charge is 2.49. The zero-order chi connectivity index (χ0) is 23.0. The number of hydrogen-bond donors (Lipinski definition) is 4. The molecule has 0 radical (unpaired) electrons. The predicted molar refractivity (Wildman–Crippen MR) is 113 cm³/mol. The van der Waals surface area contributed by atoms with Crippen LogP contribution in [0.5, 0.6) is 0 Å². The van der Waals surface area contributed by atoms with E-state index >= 15 is 0 Å². The minimum atomic E-state index is -1.41. The van der Waals surface area contributed by atoms with Crippen LogP contribution in [-0.4, -0.2) is 45.2 Å². The van der Waals surface area contributed by atoms with Crippen LogP contribution in [0, 0.1) is 5.82 Å². The molecule has 1 aliphatic rings. The number of nitrogens with zero attached hydrogens (tertiary/aromatic N) is 2. The van der Waals surface area contributed by atoms with E-state index in [0.29, 0.717) is 16.8 Å². The summed E-state index contributed by atoms with van der Waals surface area (Å²) in [5.41, 5.74) is 5.54. The molecule has 10 nitrogen and oxygen atoms in total. The first-order valence-electron chi connectivity index (χ1n) is 9.31. The molecule has 5 N–H and O–H groups in total. The second-order valence-electron chi connectivity index (χ2n) is 7.21. The van der Waals surface area contributed by atoms with Crippen LogP contribution in [0.25, 0.3) is 11.3 Å². The number of carbonyl (C=O) groups is 4. The molecule has 3 aromatic rings. The van der Waals surface area contributed by atoms with E-state index in [1.807, 2.05) is 0 Å².